The maximum Gasteiger partial charge on any atom is 0.317 e. The number of hydrogen-bond acceptors (Lipinski definition) is 2. The van der Waals surface area contributed by atoms with Crippen LogP contribution in [0, 0.1) is 23.7 Å². The Kier molecular flexibility index (Phi) is 6.09. The summed E-state index contributed by atoms with van der Waals surface area (Å²) in [5.41, 5.74) is 0. The van der Waals surface area contributed by atoms with E-state index < -0.39 is 0 Å². The highest BCUT2D eigenvalue weighted by atomic mass is 16.3. The van der Waals surface area contributed by atoms with Gasteiger partial charge in [-0.3, -0.25) is 0 Å². The summed E-state index contributed by atoms with van der Waals surface area (Å²) >= 11 is 0. The largest absolute Gasteiger partial charge is 0.396 e. The van der Waals surface area contributed by atoms with Gasteiger partial charge in [-0.15, -0.1) is 0 Å². The van der Waals surface area contributed by atoms with Gasteiger partial charge in [-0.2, -0.15) is 0 Å². The number of aliphatic hydroxyl groups excluding tert-OH is 1. The molecule has 1 aliphatic carbocycles. The molecule has 0 aromatic heterocycles. The standard InChI is InChI=1S/C17H30N2O2/c1-13(2)9-14(7-8-20)10-18-17(21)19-11-15-5-3-4-6-16(15)12-19/h3-4,13-16,20H,5-12H2,1-2H3,(H,18,21)/t14-,15+,16+/m0/s1. The zero-order valence-electron chi connectivity index (χ0n) is 13.4. The fourth-order valence-electron chi connectivity index (χ4n) is 3.68. The monoisotopic (exact) mass is 294 g/mol. The van der Waals surface area contributed by atoms with Crippen LogP contribution in [0.5, 0.6) is 0 Å². The topological polar surface area (TPSA) is 52.6 Å². The van der Waals surface area contributed by atoms with Crippen LogP contribution in [0.1, 0.15) is 39.5 Å². The van der Waals surface area contributed by atoms with Crippen molar-refractivity contribution in [1.29, 1.82) is 0 Å². The predicted molar refractivity (Wildman–Crippen MR) is 85.0 cm³/mol. The summed E-state index contributed by atoms with van der Waals surface area (Å²) in [6.07, 6.45) is 8.57. The van der Waals surface area contributed by atoms with Gasteiger partial charge in [-0.05, 0) is 49.4 Å². The number of nitrogens with zero attached hydrogens (tertiary/aromatic N) is 1. The molecule has 0 bridgehead atoms. The summed E-state index contributed by atoms with van der Waals surface area (Å²) in [6.45, 7) is 7.05. The molecule has 0 unspecified atom stereocenters. The number of likely N-dealkylation sites (tertiary alicyclic amines) is 1. The number of fused-ring (bicyclic) bond motifs is 1. The second-order valence-corrected chi connectivity index (χ2v) is 7.06. The molecule has 2 rings (SSSR count). The second-order valence-electron chi connectivity index (χ2n) is 7.06. The molecule has 0 radical (unpaired) electrons. The van der Waals surface area contributed by atoms with E-state index in [1.54, 1.807) is 0 Å². The molecule has 0 saturated carbocycles. The summed E-state index contributed by atoms with van der Waals surface area (Å²) < 4.78 is 0. The van der Waals surface area contributed by atoms with Gasteiger partial charge in [0.1, 0.15) is 0 Å². The van der Waals surface area contributed by atoms with Crippen molar-refractivity contribution < 1.29 is 9.90 Å². The molecular formula is C17H30N2O2. The van der Waals surface area contributed by atoms with Crippen LogP contribution in [0.4, 0.5) is 4.79 Å². The van der Waals surface area contributed by atoms with E-state index >= 15 is 0 Å². The summed E-state index contributed by atoms with van der Waals surface area (Å²) in [7, 11) is 0. The smallest absolute Gasteiger partial charge is 0.317 e. The van der Waals surface area contributed by atoms with Crippen molar-refractivity contribution in [2.75, 3.05) is 26.2 Å². The van der Waals surface area contributed by atoms with Gasteiger partial charge < -0.3 is 15.3 Å². The number of urea groups is 1. The fraction of sp³-hybridized carbons (Fsp3) is 0.824. The van der Waals surface area contributed by atoms with Gasteiger partial charge in [0, 0.05) is 26.2 Å². The molecule has 1 saturated heterocycles. The van der Waals surface area contributed by atoms with Crippen LogP contribution in [-0.2, 0) is 0 Å². The molecule has 0 spiro atoms. The Hall–Kier alpha value is -1.03. The van der Waals surface area contributed by atoms with Crippen molar-refractivity contribution in [1.82, 2.24) is 10.2 Å². The fourth-order valence-corrected chi connectivity index (χ4v) is 3.68. The van der Waals surface area contributed by atoms with Crippen LogP contribution in [0.2, 0.25) is 0 Å². The zero-order chi connectivity index (χ0) is 15.2. The number of carbonyl (C=O) groups is 1. The first kappa shape index (κ1) is 16.3. The molecule has 4 heteroatoms. The molecule has 2 amide bonds. The van der Waals surface area contributed by atoms with Crippen molar-refractivity contribution in [3.8, 4) is 0 Å². The lowest BCUT2D eigenvalue weighted by Crippen LogP contribution is -2.41. The summed E-state index contributed by atoms with van der Waals surface area (Å²) in [6, 6.07) is 0.0797. The number of aliphatic hydroxyl groups is 1. The van der Waals surface area contributed by atoms with Crippen LogP contribution in [0.25, 0.3) is 0 Å². The minimum atomic E-state index is 0.0797. The average Bonchev–Trinajstić information content (AvgIpc) is 2.88. The molecule has 120 valence electrons. The summed E-state index contributed by atoms with van der Waals surface area (Å²) in [5.74, 6) is 2.29. The van der Waals surface area contributed by atoms with Crippen molar-refractivity contribution in [2.24, 2.45) is 23.7 Å². The van der Waals surface area contributed by atoms with E-state index in [2.05, 4.69) is 31.3 Å². The summed E-state index contributed by atoms with van der Waals surface area (Å²) in [5, 5.41) is 12.2. The van der Waals surface area contributed by atoms with Crippen molar-refractivity contribution >= 4 is 6.03 Å². The molecule has 0 aromatic carbocycles. The molecular weight excluding hydrogens is 264 g/mol. The van der Waals surface area contributed by atoms with E-state index in [0.717, 1.165) is 38.8 Å². The molecule has 1 fully saturated rings. The van der Waals surface area contributed by atoms with E-state index in [4.69, 9.17) is 5.11 Å². The van der Waals surface area contributed by atoms with Crippen LogP contribution in [-0.4, -0.2) is 42.3 Å². The highest BCUT2D eigenvalue weighted by Gasteiger charge is 2.35. The van der Waals surface area contributed by atoms with Crippen LogP contribution < -0.4 is 5.32 Å². The third kappa shape index (κ3) is 4.73. The Morgan fingerprint density at radius 2 is 1.90 bits per heavy atom. The molecule has 3 atom stereocenters. The maximum atomic E-state index is 12.3. The lowest BCUT2D eigenvalue weighted by molar-refractivity contribution is 0.198. The number of rotatable bonds is 6. The molecule has 2 aliphatic rings. The molecule has 1 aliphatic heterocycles. The minimum Gasteiger partial charge on any atom is -0.396 e. The van der Waals surface area contributed by atoms with E-state index in [1.165, 1.54) is 0 Å². The third-order valence-corrected chi connectivity index (χ3v) is 4.79. The normalized spacial score (nSPS) is 26.0. The van der Waals surface area contributed by atoms with Crippen molar-refractivity contribution in [2.45, 2.75) is 39.5 Å². The van der Waals surface area contributed by atoms with Gasteiger partial charge in [0.05, 0.1) is 0 Å². The average molecular weight is 294 g/mol. The quantitative estimate of drug-likeness (QED) is 0.740. The zero-order valence-corrected chi connectivity index (χ0v) is 13.4. The highest BCUT2D eigenvalue weighted by molar-refractivity contribution is 5.74. The van der Waals surface area contributed by atoms with Crippen molar-refractivity contribution in [3.05, 3.63) is 12.2 Å². The van der Waals surface area contributed by atoms with Crippen molar-refractivity contribution in [3.63, 3.8) is 0 Å². The van der Waals surface area contributed by atoms with Crippen LogP contribution in [0.3, 0.4) is 0 Å². The van der Waals surface area contributed by atoms with E-state index in [9.17, 15) is 4.79 Å². The van der Waals surface area contributed by atoms with E-state index in [0.29, 0.717) is 30.2 Å². The number of hydrogen-bond donors (Lipinski definition) is 2. The molecule has 2 N–H and O–H groups in total. The first-order valence-electron chi connectivity index (χ1n) is 8.38. The number of carbonyl (C=O) groups excluding carboxylic acids is 1. The van der Waals surface area contributed by atoms with E-state index in [-0.39, 0.29) is 12.6 Å². The lowest BCUT2D eigenvalue weighted by atomic mass is 9.86. The van der Waals surface area contributed by atoms with Crippen LogP contribution in [0.15, 0.2) is 12.2 Å². The Balaban J connectivity index is 1.76. The van der Waals surface area contributed by atoms with Gasteiger partial charge in [0.2, 0.25) is 0 Å². The summed E-state index contributed by atoms with van der Waals surface area (Å²) in [4.78, 5) is 14.3. The Labute approximate surface area is 128 Å². The number of nitrogens with one attached hydrogen (secondary N) is 1. The molecule has 4 nitrogen and oxygen atoms in total. The van der Waals surface area contributed by atoms with Gasteiger partial charge in [0.25, 0.3) is 0 Å². The van der Waals surface area contributed by atoms with E-state index in [1.807, 2.05) is 4.90 Å². The number of amides is 2. The maximum absolute atomic E-state index is 12.3. The van der Waals surface area contributed by atoms with Gasteiger partial charge >= 0.3 is 6.03 Å². The van der Waals surface area contributed by atoms with Gasteiger partial charge in [-0.1, -0.05) is 26.0 Å². The lowest BCUT2D eigenvalue weighted by Gasteiger charge is -2.22. The Morgan fingerprint density at radius 3 is 2.43 bits per heavy atom. The first-order chi connectivity index (χ1) is 10.1. The van der Waals surface area contributed by atoms with Gasteiger partial charge in [-0.25, -0.2) is 4.79 Å². The molecule has 21 heavy (non-hydrogen) atoms. The third-order valence-electron chi connectivity index (χ3n) is 4.79. The SMILES string of the molecule is CC(C)C[C@H](CCO)CNC(=O)N1C[C@H]2CC=CC[C@@H]2C1. The van der Waals surface area contributed by atoms with Crippen LogP contribution >= 0.6 is 0 Å². The molecule has 1 heterocycles. The minimum absolute atomic E-state index is 0.0797. The molecule has 0 aromatic rings. The van der Waals surface area contributed by atoms with Gasteiger partial charge in [0.15, 0.2) is 0 Å². The Morgan fingerprint density at radius 1 is 1.29 bits per heavy atom. The highest BCUT2D eigenvalue weighted by Crippen LogP contribution is 2.32. The first-order valence-corrected chi connectivity index (χ1v) is 8.38. The predicted octanol–water partition coefficient (Wildman–Crippen LogP) is 2.64. The second kappa shape index (κ2) is 7.83. The Bertz CT molecular complexity index is 352. The number of allylic oxidation sites excluding steroid dienone is 2.